The van der Waals surface area contributed by atoms with Crippen LogP contribution in [0.1, 0.15) is 23.1 Å². The van der Waals surface area contributed by atoms with Crippen LogP contribution >= 0.6 is 0 Å². The molecule has 6 heteroatoms. The van der Waals surface area contributed by atoms with E-state index in [0.29, 0.717) is 0 Å². The largest absolute Gasteiger partial charge is 0.367 e. The average Bonchev–Trinajstić information content (AvgIpc) is 2.70. The topological polar surface area (TPSA) is 69.7 Å². The maximum Gasteiger partial charge on any atom is 0.331 e. The van der Waals surface area contributed by atoms with Crippen molar-refractivity contribution in [2.75, 3.05) is 18.5 Å². The molecular weight excluding hydrogens is 354 g/mol. The second-order valence-electron chi connectivity index (χ2n) is 7.08. The Bertz CT molecular complexity index is 982. The number of carbonyl (C=O) groups is 3. The number of carbonyl (C=O) groups excluding carboxylic acids is 3. The molecule has 2 aromatic rings. The van der Waals surface area contributed by atoms with Crippen LogP contribution < -0.4 is 10.2 Å². The van der Waals surface area contributed by atoms with Gasteiger partial charge in [-0.15, -0.1) is 0 Å². The monoisotopic (exact) mass is 375 g/mol. The predicted octanol–water partition coefficient (Wildman–Crippen LogP) is 2.73. The second kappa shape index (κ2) is 7.31. The molecule has 0 bridgehead atoms. The molecule has 4 rings (SSSR count). The zero-order valence-corrected chi connectivity index (χ0v) is 15.6. The summed E-state index contributed by atoms with van der Waals surface area (Å²) in [6, 6.07) is 15.6. The van der Waals surface area contributed by atoms with Crippen LogP contribution in [0, 0.1) is 0 Å². The highest BCUT2D eigenvalue weighted by Gasteiger charge is 2.33. The van der Waals surface area contributed by atoms with Crippen molar-refractivity contribution in [1.82, 2.24) is 10.2 Å². The van der Waals surface area contributed by atoms with E-state index >= 15 is 0 Å². The van der Waals surface area contributed by atoms with Gasteiger partial charge >= 0.3 is 6.03 Å². The zero-order valence-electron chi connectivity index (χ0n) is 15.6. The fourth-order valence-corrected chi connectivity index (χ4v) is 3.67. The highest BCUT2D eigenvalue weighted by Crippen LogP contribution is 2.30. The number of rotatable bonds is 3. The number of urea groups is 1. The normalized spacial score (nSPS) is 18.3. The van der Waals surface area contributed by atoms with Crippen LogP contribution in [-0.4, -0.2) is 36.3 Å². The molecule has 1 N–H and O–H groups in total. The third kappa shape index (κ3) is 3.41. The summed E-state index contributed by atoms with van der Waals surface area (Å²) < 4.78 is 0. The summed E-state index contributed by atoms with van der Waals surface area (Å²) in [5.74, 6) is -1.24. The van der Waals surface area contributed by atoms with Gasteiger partial charge in [-0.1, -0.05) is 36.4 Å². The lowest BCUT2D eigenvalue weighted by Gasteiger charge is -2.31. The number of barbiturate groups is 1. The minimum Gasteiger partial charge on any atom is -0.367 e. The molecule has 1 saturated heterocycles. The SMILES string of the molecule is CN1C(=O)NC(=O)C(=Cc2ccc3c(c2)CCCN3Cc2ccccc2)C1=O. The molecule has 2 aliphatic rings. The Morgan fingerprint density at radius 2 is 1.86 bits per heavy atom. The smallest absolute Gasteiger partial charge is 0.331 e. The van der Waals surface area contributed by atoms with Crippen LogP contribution in [0.3, 0.4) is 0 Å². The molecule has 0 atom stereocenters. The summed E-state index contributed by atoms with van der Waals surface area (Å²) >= 11 is 0. The number of aryl methyl sites for hydroxylation is 1. The molecule has 28 heavy (non-hydrogen) atoms. The van der Waals surface area contributed by atoms with Crippen molar-refractivity contribution in [2.24, 2.45) is 0 Å². The Morgan fingerprint density at radius 1 is 1.07 bits per heavy atom. The Hall–Kier alpha value is -3.41. The number of imide groups is 2. The number of amides is 4. The van der Waals surface area contributed by atoms with Gasteiger partial charge in [-0.25, -0.2) is 4.79 Å². The van der Waals surface area contributed by atoms with Gasteiger partial charge in [-0.2, -0.15) is 0 Å². The van der Waals surface area contributed by atoms with Crippen LogP contribution in [0.2, 0.25) is 0 Å². The number of benzene rings is 2. The van der Waals surface area contributed by atoms with Gasteiger partial charge in [0, 0.05) is 25.8 Å². The maximum atomic E-state index is 12.3. The molecule has 0 saturated carbocycles. The Kier molecular flexibility index (Phi) is 4.69. The second-order valence-corrected chi connectivity index (χ2v) is 7.08. The number of hydrogen-bond donors (Lipinski definition) is 1. The van der Waals surface area contributed by atoms with E-state index in [9.17, 15) is 14.4 Å². The summed E-state index contributed by atoms with van der Waals surface area (Å²) in [4.78, 5) is 39.1. The zero-order chi connectivity index (χ0) is 19.7. The molecule has 1 fully saturated rings. The first-order valence-electron chi connectivity index (χ1n) is 9.30. The lowest BCUT2D eigenvalue weighted by Crippen LogP contribution is -2.52. The number of nitrogens with zero attached hydrogens (tertiary/aromatic N) is 2. The first-order valence-corrected chi connectivity index (χ1v) is 9.30. The van der Waals surface area contributed by atoms with E-state index in [-0.39, 0.29) is 5.57 Å². The van der Waals surface area contributed by atoms with E-state index < -0.39 is 17.8 Å². The predicted molar refractivity (Wildman–Crippen MR) is 107 cm³/mol. The van der Waals surface area contributed by atoms with Crippen molar-refractivity contribution in [3.8, 4) is 0 Å². The third-order valence-electron chi connectivity index (χ3n) is 5.15. The number of nitrogens with one attached hydrogen (secondary N) is 1. The van der Waals surface area contributed by atoms with Crippen molar-refractivity contribution >= 4 is 29.6 Å². The van der Waals surface area contributed by atoms with Gasteiger partial charge in [0.05, 0.1) is 0 Å². The quantitative estimate of drug-likeness (QED) is 0.662. The lowest BCUT2D eigenvalue weighted by atomic mass is 9.97. The highest BCUT2D eigenvalue weighted by atomic mass is 16.2. The van der Waals surface area contributed by atoms with Crippen LogP contribution in [0.25, 0.3) is 6.08 Å². The van der Waals surface area contributed by atoms with Crippen molar-refractivity contribution in [3.05, 3.63) is 70.8 Å². The molecule has 2 aliphatic heterocycles. The van der Waals surface area contributed by atoms with Gasteiger partial charge in [0.1, 0.15) is 5.57 Å². The summed E-state index contributed by atoms with van der Waals surface area (Å²) in [5.41, 5.74) is 4.40. The van der Waals surface area contributed by atoms with E-state index in [2.05, 4.69) is 22.3 Å². The van der Waals surface area contributed by atoms with Gasteiger partial charge in [0.15, 0.2) is 0 Å². The molecule has 0 aromatic heterocycles. The van der Waals surface area contributed by atoms with E-state index in [1.807, 2.05) is 36.4 Å². The Morgan fingerprint density at radius 3 is 2.64 bits per heavy atom. The summed E-state index contributed by atoms with van der Waals surface area (Å²) in [7, 11) is 1.35. The first-order chi connectivity index (χ1) is 13.5. The fraction of sp³-hybridized carbons (Fsp3) is 0.227. The van der Waals surface area contributed by atoms with Crippen molar-refractivity contribution in [3.63, 3.8) is 0 Å². The van der Waals surface area contributed by atoms with Crippen LogP contribution in [0.5, 0.6) is 0 Å². The molecule has 0 unspecified atom stereocenters. The van der Waals surface area contributed by atoms with E-state index in [1.54, 1.807) is 6.08 Å². The Labute approximate surface area is 163 Å². The number of fused-ring (bicyclic) bond motifs is 1. The molecule has 4 amide bonds. The molecule has 0 spiro atoms. The van der Waals surface area contributed by atoms with E-state index in [1.165, 1.54) is 23.9 Å². The molecule has 6 nitrogen and oxygen atoms in total. The number of hydrogen-bond acceptors (Lipinski definition) is 4. The molecular formula is C22H21N3O3. The Balaban J connectivity index is 1.61. The third-order valence-corrected chi connectivity index (χ3v) is 5.15. The minimum atomic E-state index is -0.700. The molecule has 2 heterocycles. The van der Waals surface area contributed by atoms with Crippen LogP contribution in [-0.2, 0) is 22.6 Å². The summed E-state index contributed by atoms with van der Waals surface area (Å²) in [5, 5.41) is 2.18. The summed E-state index contributed by atoms with van der Waals surface area (Å²) in [6.07, 6.45) is 3.56. The first kappa shape index (κ1) is 18.0. The van der Waals surface area contributed by atoms with Crippen LogP contribution in [0.4, 0.5) is 10.5 Å². The van der Waals surface area contributed by atoms with Gasteiger partial charge < -0.3 is 4.90 Å². The average molecular weight is 375 g/mol. The fourth-order valence-electron chi connectivity index (χ4n) is 3.67. The lowest BCUT2D eigenvalue weighted by molar-refractivity contribution is -0.129. The van der Waals surface area contributed by atoms with Gasteiger partial charge in [0.25, 0.3) is 11.8 Å². The van der Waals surface area contributed by atoms with Gasteiger partial charge in [0.2, 0.25) is 0 Å². The number of anilines is 1. The van der Waals surface area contributed by atoms with E-state index in [0.717, 1.165) is 36.4 Å². The van der Waals surface area contributed by atoms with E-state index in [4.69, 9.17) is 0 Å². The van der Waals surface area contributed by atoms with Gasteiger partial charge in [-0.3, -0.25) is 19.8 Å². The molecule has 142 valence electrons. The molecule has 0 aliphatic carbocycles. The number of likely N-dealkylation sites (N-methyl/N-ethyl adjacent to an activating group) is 1. The van der Waals surface area contributed by atoms with Crippen molar-refractivity contribution in [1.29, 1.82) is 0 Å². The maximum absolute atomic E-state index is 12.3. The molecule has 0 radical (unpaired) electrons. The standard InChI is InChI=1S/C22H21N3O3/c1-24-21(27)18(20(26)23-22(24)28)13-16-9-10-19-17(12-16)8-5-11-25(19)14-15-6-3-2-4-7-15/h2-4,6-7,9-10,12-13H,5,8,11,14H2,1H3,(H,23,26,28). The van der Waals surface area contributed by atoms with Crippen molar-refractivity contribution in [2.45, 2.75) is 19.4 Å². The van der Waals surface area contributed by atoms with Gasteiger partial charge in [-0.05, 0) is 47.7 Å². The van der Waals surface area contributed by atoms with Crippen molar-refractivity contribution < 1.29 is 14.4 Å². The molecule has 2 aromatic carbocycles. The van der Waals surface area contributed by atoms with Crippen LogP contribution in [0.15, 0.2) is 54.1 Å². The minimum absolute atomic E-state index is 0.0287. The highest BCUT2D eigenvalue weighted by molar-refractivity contribution is 6.30. The summed E-state index contributed by atoms with van der Waals surface area (Å²) in [6.45, 7) is 1.85.